The molecule has 0 saturated carbocycles. The summed E-state index contributed by atoms with van der Waals surface area (Å²) < 4.78 is 5.78. The quantitative estimate of drug-likeness (QED) is 0.876. The maximum absolute atomic E-state index is 5.78. The van der Waals surface area contributed by atoms with Crippen LogP contribution < -0.4 is 10.5 Å². The van der Waals surface area contributed by atoms with E-state index in [4.69, 9.17) is 10.5 Å². The van der Waals surface area contributed by atoms with Gasteiger partial charge in [-0.1, -0.05) is 23.8 Å². The summed E-state index contributed by atoms with van der Waals surface area (Å²) in [5.74, 6) is 0.881. The zero-order valence-electron chi connectivity index (χ0n) is 10.6. The van der Waals surface area contributed by atoms with E-state index in [-0.39, 0.29) is 0 Å². The maximum Gasteiger partial charge on any atom is 0.123 e. The van der Waals surface area contributed by atoms with Gasteiger partial charge in [-0.25, -0.2) is 0 Å². The molecule has 0 unspecified atom stereocenters. The number of rotatable bonds is 5. The molecule has 18 heavy (non-hydrogen) atoms. The van der Waals surface area contributed by atoms with E-state index in [1.807, 2.05) is 24.4 Å². The Kier molecular flexibility index (Phi) is 4.31. The van der Waals surface area contributed by atoms with Crippen molar-refractivity contribution in [2.24, 2.45) is 5.73 Å². The van der Waals surface area contributed by atoms with Crippen molar-refractivity contribution in [2.75, 3.05) is 6.61 Å². The molecule has 0 spiro atoms. The van der Waals surface area contributed by atoms with Gasteiger partial charge in [-0.2, -0.15) is 0 Å². The van der Waals surface area contributed by atoms with E-state index in [9.17, 15) is 0 Å². The molecule has 0 fully saturated rings. The summed E-state index contributed by atoms with van der Waals surface area (Å²) in [5.41, 5.74) is 9.15. The number of aryl methyl sites for hydroxylation is 1. The van der Waals surface area contributed by atoms with E-state index in [0.29, 0.717) is 13.2 Å². The SMILES string of the molecule is Cc1ccc(OCCc2cccnc2)c(CN)c1. The van der Waals surface area contributed by atoms with Gasteiger partial charge in [0.1, 0.15) is 5.75 Å². The van der Waals surface area contributed by atoms with Gasteiger partial charge in [-0.05, 0) is 24.6 Å². The van der Waals surface area contributed by atoms with Crippen LogP contribution in [0.1, 0.15) is 16.7 Å². The van der Waals surface area contributed by atoms with E-state index >= 15 is 0 Å². The number of nitrogens with zero attached hydrogens (tertiary/aromatic N) is 1. The van der Waals surface area contributed by atoms with Crippen LogP contribution in [0.4, 0.5) is 0 Å². The lowest BCUT2D eigenvalue weighted by Crippen LogP contribution is -2.06. The molecule has 0 aliphatic carbocycles. The number of aromatic nitrogens is 1. The van der Waals surface area contributed by atoms with E-state index in [0.717, 1.165) is 17.7 Å². The van der Waals surface area contributed by atoms with Crippen molar-refractivity contribution >= 4 is 0 Å². The van der Waals surface area contributed by atoms with Crippen LogP contribution in [0.15, 0.2) is 42.7 Å². The molecule has 3 heteroatoms. The van der Waals surface area contributed by atoms with Gasteiger partial charge in [0.2, 0.25) is 0 Å². The highest BCUT2D eigenvalue weighted by molar-refractivity contribution is 5.36. The second-order valence-corrected chi connectivity index (χ2v) is 4.28. The van der Waals surface area contributed by atoms with E-state index in [1.54, 1.807) is 6.20 Å². The Bertz CT molecular complexity index is 497. The molecule has 2 rings (SSSR count). The maximum atomic E-state index is 5.78. The molecular formula is C15H18N2O. The van der Waals surface area contributed by atoms with Crippen molar-refractivity contribution in [3.8, 4) is 5.75 Å². The largest absolute Gasteiger partial charge is 0.493 e. The predicted octanol–water partition coefficient (Wildman–Crippen LogP) is 2.47. The first-order valence-corrected chi connectivity index (χ1v) is 6.11. The van der Waals surface area contributed by atoms with Gasteiger partial charge >= 0.3 is 0 Å². The van der Waals surface area contributed by atoms with Crippen LogP contribution in [0, 0.1) is 6.92 Å². The third-order valence-electron chi connectivity index (χ3n) is 2.81. The highest BCUT2D eigenvalue weighted by Crippen LogP contribution is 2.19. The molecule has 2 N–H and O–H groups in total. The second-order valence-electron chi connectivity index (χ2n) is 4.28. The first kappa shape index (κ1) is 12.6. The Balaban J connectivity index is 1.94. The zero-order chi connectivity index (χ0) is 12.8. The Hall–Kier alpha value is -1.87. The Morgan fingerprint density at radius 2 is 2.17 bits per heavy atom. The fraction of sp³-hybridized carbons (Fsp3) is 0.267. The van der Waals surface area contributed by atoms with Crippen LogP contribution >= 0.6 is 0 Å². The highest BCUT2D eigenvalue weighted by Gasteiger charge is 2.02. The highest BCUT2D eigenvalue weighted by atomic mass is 16.5. The standard InChI is InChI=1S/C15H18N2O/c1-12-4-5-15(14(9-12)10-16)18-8-6-13-3-2-7-17-11-13/h2-5,7,9,11H,6,8,10,16H2,1H3. The van der Waals surface area contributed by atoms with Gasteiger partial charge in [0.15, 0.2) is 0 Å². The Labute approximate surface area is 108 Å². The molecule has 94 valence electrons. The van der Waals surface area contributed by atoms with Crippen LogP contribution in [0.25, 0.3) is 0 Å². The number of hydrogen-bond donors (Lipinski definition) is 1. The van der Waals surface area contributed by atoms with Gasteiger partial charge in [-0.15, -0.1) is 0 Å². The van der Waals surface area contributed by atoms with Crippen LogP contribution in [0.5, 0.6) is 5.75 Å². The average Bonchev–Trinajstić information content (AvgIpc) is 2.41. The summed E-state index contributed by atoms with van der Waals surface area (Å²) in [6.45, 7) is 3.20. The molecule has 1 aromatic heterocycles. The summed E-state index contributed by atoms with van der Waals surface area (Å²) in [4.78, 5) is 4.08. The third-order valence-corrected chi connectivity index (χ3v) is 2.81. The van der Waals surface area contributed by atoms with Gasteiger partial charge in [0.25, 0.3) is 0 Å². The minimum absolute atomic E-state index is 0.504. The summed E-state index contributed by atoms with van der Waals surface area (Å²) in [6.07, 6.45) is 4.49. The summed E-state index contributed by atoms with van der Waals surface area (Å²) in [6, 6.07) is 10.1. The minimum atomic E-state index is 0.504. The summed E-state index contributed by atoms with van der Waals surface area (Å²) in [5, 5.41) is 0. The van der Waals surface area contributed by atoms with Crippen molar-refractivity contribution in [1.29, 1.82) is 0 Å². The molecule has 0 radical (unpaired) electrons. The number of benzene rings is 1. The van der Waals surface area contributed by atoms with Crippen LogP contribution in [-0.4, -0.2) is 11.6 Å². The molecule has 0 aliphatic heterocycles. The van der Waals surface area contributed by atoms with Gasteiger partial charge in [0.05, 0.1) is 6.61 Å². The van der Waals surface area contributed by atoms with Crippen molar-refractivity contribution in [2.45, 2.75) is 19.9 Å². The first-order chi connectivity index (χ1) is 8.79. The molecule has 0 amide bonds. The molecule has 1 heterocycles. The Morgan fingerprint density at radius 1 is 1.28 bits per heavy atom. The molecule has 1 aromatic carbocycles. The van der Waals surface area contributed by atoms with Crippen molar-refractivity contribution < 1.29 is 4.74 Å². The minimum Gasteiger partial charge on any atom is -0.493 e. The zero-order valence-corrected chi connectivity index (χ0v) is 10.6. The van der Waals surface area contributed by atoms with Crippen molar-refractivity contribution in [3.63, 3.8) is 0 Å². The molecule has 0 saturated heterocycles. The second kappa shape index (κ2) is 6.17. The lowest BCUT2D eigenvalue weighted by molar-refractivity contribution is 0.318. The normalized spacial score (nSPS) is 10.3. The number of ether oxygens (including phenoxy) is 1. The van der Waals surface area contributed by atoms with E-state index in [2.05, 4.69) is 24.0 Å². The molecule has 0 atom stereocenters. The topological polar surface area (TPSA) is 48.1 Å². The van der Waals surface area contributed by atoms with Gasteiger partial charge in [0, 0.05) is 30.9 Å². The van der Waals surface area contributed by atoms with Crippen molar-refractivity contribution in [1.82, 2.24) is 4.98 Å². The van der Waals surface area contributed by atoms with E-state index in [1.165, 1.54) is 11.1 Å². The average molecular weight is 242 g/mol. The van der Waals surface area contributed by atoms with Crippen molar-refractivity contribution in [3.05, 3.63) is 59.4 Å². The lowest BCUT2D eigenvalue weighted by atomic mass is 10.1. The molecule has 0 aliphatic rings. The van der Waals surface area contributed by atoms with Gasteiger partial charge in [-0.3, -0.25) is 4.98 Å². The number of pyridine rings is 1. The molecule has 0 bridgehead atoms. The van der Waals surface area contributed by atoms with Crippen LogP contribution in [0.3, 0.4) is 0 Å². The fourth-order valence-corrected chi connectivity index (χ4v) is 1.83. The van der Waals surface area contributed by atoms with Crippen LogP contribution in [-0.2, 0) is 13.0 Å². The third kappa shape index (κ3) is 3.31. The van der Waals surface area contributed by atoms with E-state index < -0.39 is 0 Å². The predicted molar refractivity (Wildman–Crippen MR) is 72.5 cm³/mol. The summed E-state index contributed by atoms with van der Waals surface area (Å²) >= 11 is 0. The summed E-state index contributed by atoms with van der Waals surface area (Å²) in [7, 11) is 0. The molecule has 3 nitrogen and oxygen atoms in total. The first-order valence-electron chi connectivity index (χ1n) is 6.11. The Morgan fingerprint density at radius 3 is 2.89 bits per heavy atom. The van der Waals surface area contributed by atoms with Gasteiger partial charge < -0.3 is 10.5 Å². The van der Waals surface area contributed by atoms with Crippen LogP contribution in [0.2, 0.25) is 0 Å². The lowest BCUT2D eigenvalue weighted by Gasteiger charge is -2.11. The molecule has 2 aromatic rings. The number of nitrogens with two attached hydrogens (primary N) is 1. The fourth-order valence-electron chi connectivity index (χ4n) is 1.83. The molecular weight excluding hydrogens is 224 g/mol. The monoisotopic (exact) mass is 242 g/mol. The number of hydrogen-bond acceptors (Lipinski definition) is 3. The smallest absolute Gasteiger partial charge is 0.123 e.